The summed E-state index contributed by atoms with van der Waals surface area (Å²) in [4.78, 5) is 4.43. The third kappa shape index (κ3) is 5.84. The second-order valence-corrected chi connectivity index (χ2v) is 8.54. The minimum absolute atomic E-state index is 0.0795. The van der Waals surface area contributed by atoms with E-state index in [4.69, 9.17) is 23.2 Å². The van der Waals surface area contributed by atoms with E-state index in [1.165, 1.54) is 7.05 Å². The van der Waals surface area contributed by atoms with E-state index < -0.39 is 10.0 Å². The summed E-state index contributed by atoms with van der Waals surface area (Å²) in [7, 11) is -0.375. The molecule has 0 aliphatic heterocycles. The van der Waals surface area contributed by atoms with Crippen molar-refractivity contribution in [3.05, 3.63) is 63.6 Å². The summed E-state index contributed by atoms with van der Waals surface area (Å²) in [5.74, 6) is 0.598. The van der Waals surface area contributed by atoms with E-state index in [1.807, 2.05) is 13.0 Å². The fraction of sp³-hybridized carbons (Fsp3) is 0.278. The Bertz CT molecular complexity index is 915. The van der Waals surface area contributed by atoms with Gasteiger partial charge in [0.2, 0.25) is 10.0 Å². The standard InChI is InChI=1S/C18H22Cl2N4O2S/c1-12(16-9-6-14(19)10-17(16)20)24-18(21-2)23-11-13-4-7-15(8-5-13)27(25,26)22-3/h4-10,12,22H,11H2,1-3H3,(H2,21,23,24). The molecule has 0 bridgehead atoms. The molecule has 27 heavy (non-hydrogen) atoms. The molecular formula is C18H22Cl2N4O2S. The van der Waals surface area contributed by atoms with Crippen molar-refractivity contribution in [1.29, 1.82) is 0 Å². The average Bonchev–Trinajstić information content (AvgIpc) is 2.65. The minimum Gasteiger partial charge on any atom is -0.352 e. The maximum absolute atomic E-state index is 11.8. The Morgan fingerprint density at radius 3 is 2.37 bits per heavy atom. The highest BCUT2D eigenvalue weighted by Crippen LogP contribution is 2.26. The molecule has 3 N–H and O–H groups in total. The molecular weight excluding hydrogens is 407 g/mol. The summed E-state index contributed by atoms with van der Waals surface area (Å²) in [6, 6.07) is 11.9. The molecule has 2 rings (SSSR count). The molecule has 0 fully saturated rings. The highest BCUT2D eigenvalue weighted by Gasteiger charge is 2.13. The number of sulfonamides is 1. The number of aliphatic imine (C=N–C) groups is 1. The van der Waals surface area contributed by atoms with Gasteiger partial charge in [-0.2, -0.15) is 0 Å². The molecule has 0 aromatic heterocycles. The third-order valence-electron chi connectivity index (χ3n) is 3.97. The van der Waals surface area contributed by atoms with Crippen LogP contribution in [0.2, 0.25) is 10.0 Å². The number of hydrogen-bond donors (Lipinski definition) is 3. The number of rotatable bonds is 6. The first kappa shape index (κ1) is 21.5. The fourth-order valence-electron chi connectivity index (χ4n) is 2.42. The lowest BCUT2D eigenvalue weighted by molar-refractivity contribution is 0.588. The number of guanidine groups is 1. The second kappa shape index (κ2) is 9.41. The molecule has 0 saturated heterocycles. The lowest BCUT2D eigenvalue weighted by Crippen LogP contribution is -2.38. The molecule has 9 heteroatoms. The van der Waals surface area contributed by atoms with Crippen LogP contribution < -0.4 is 15.4 Å². The van der Waals surface area contributed by atoms with E-state index in [1.54, 1.807) is 43.4 Å². The number of nitrogens with zero attached hydrogens (tertiary/aromatic N) is 1. The Kier molecular flexibility index (Phi) is 7.49. The number of halogens is 2. The zero-order valence-corrected chi connectivity index (χ0v) is 17.6. The van der Waals surface area contributed by atoms with Crippen molar-refractivity contribution in [3.8, 4) is 0 Å². The van der Waals surface area contributed by atoms with E-state index >= 15 is 0 Å². The van der Waals surface area contributed by atoms with Crippen LogP contribution in [0.4, 0.5) is 0 Å². The van der Waals surface area contributed by atoms with Gasteiger partial charge in [-0.05, 0) is 49.4 Å². The summed E-state index contributed by atoms with van der Waals surface area (Å²) in [5, 5.41) is 7.63. The smallest absolute Gasteiger partial charge is 0.240 e. The van der Waals surface area contributed by atoms with Crippen LogP contribution in [0.1, 0.15) is 24.1 Å². The van der Waals surface area contributed by atoms with Crippen molar-refractivity contribution < 1.29 is 8.42 Å². The van der Waals surface area contributed by atoms with Gasteiger partial charge in [0.1, 0.15) is 0 Å². The van der Waals surface area contributed by atoms with Gasteiger partial charge in [-0.3, -0.25) is 4.99 Å². The normalized spacial score (nSPS) is 13.3. The van der Waals surface area contributed by atoms with Gasteiger partial charge >= 0.3 is 0 Å². The van der Waals surface area contributed by atoms with Gasteiger partial charge in [-0.25, -0.2) is 13.1 Å². The van der Waals surface area contributed by atoms with E-state index in [-0.39, 0.29) is 10.9 Å². The van der Waals surface area contributed by atoms with Gasteiger partial charge in [-0.1, -0.05) is 41.4 Å². The maximum Gasteiger partial charge on any atom is 0.240 e. The quantitative estimate of drug-likeness (QED) is 0.486. The Balaban J connectivity index is 1.99. The Labute approximate surface area is 170 Å². The van der Waals surface area contributed by atoms with Gasteiger partial charge in [0, 0.05) is 23.6 Å². The van der Waals surface area contributed by atoms with Crippen molar-refractivity contribution in [1.82, 2.24) is 15.4 Å². The predicted molar refractivity (Wildman–Crippen MR) is 111 cm³/mol. The average molecular weight is 429 g/mol. The molecule has 146 valence electrons. The highest BCUT2D eigenvalue weighted by molar-refractivity contribution is 7.89. The summed E-state index contributed by atoms with van der Waals surface area (Å²) in [5.41, 5.74) is 1.83. The summed E-state index contributed by atoms with van der Waals surface area (Å²) < 4.78 is 25.8. The lowest BCUT2D eigenvalue weighted by Gasteiger charge is -2.19. The van der Waals surface area contributed by atoms with Crippen LogP contribution >= 0.6 is 23.2 Å². The van der Waals surface area contributed by atoms with Crippen LogP contribution in [-0.4, -0.2) is 28.5 Å². The minimum atomic E-state index is -3.43. The summed E-state index contributed by atoms with van der Waals surface area (Å²) in [6.07, 6.45) is 0. The fourth-order valence-corrected chi connectivity index (χ4v) is 3.72. The molecule has 1 unspecified atom stereocenters. The Morgan fingerprint density at radius 2 is 1.81 bits per heavy atom. The molecule has 0 aliphatic carbocycles. The van der Waals surface area contributed by atoms with Gasteiger partial charge in [0.25, 0.3) is 0 Å². The second-order valence-electron chi connectivity index (χ2n) is 5.81. The number of hydrogen-bond acceptors (Lipinski definition) is 3. The first-order valence-corrected chi connectivity index (χ1v) is 10.5. The molecule has 0 spiro atoms. The summed E-state index contributed by atoms with van der Waals surface area (Å²) >= 11 is 12.2. The van der Waals surface area contributed by atoms with Crippen molar-refractivity contribution in [3.63, 3.8) is 0 Å². The van der Waals surface area contributed by atoms with Crippen LogP contribution in [0.15, 0.2) is 52.4 Å². The van der Waals surface area contributed by atoms with E-state index in [2.05, 4.69) is 20.3 Å². The molecule has 6 nitrogen and oxygen atoms in total. The van der Waals surface area contributed by atoms with Crippen molar-refractivity contribution in [2.24, 2.45) is 4.99 Å². The van der Waals surface area contributed by atoms with Crippen molar-refractivity contribution in [2.45, 2.75) is 24.4 Å². The topological polar surface area (TPSA) is 82.6 Å². The zero-order chi connectivity index (χ0) is 20.0. The molecule has 0 saturated carbocycles. The predicted octanol–water partition coefficient (Wildman–Crippen LogP) is 3.33. The Hall–Kier alpha value is -1.80. The third-order valence-corrected chi connectivity index (χ3v) is 5.96. The first-order chi connectivity index (χ1) is 12.8. The molecule has 2 aromatic rings. The lowest BCUT2D eigenvalue weighted by atomic mass is 10.1. The van der Waals surface area contributed by atoms with Crippen LogP contribution in [0.3, 0.4) is 0 Å². The molecule has 2 aromatic carbocycles. The SMILES string of the molecule is CN=C(NCc1ccc(S(=O)(=O)NC)cc1)NC(C)c1ccc(Cl)cc1Cl. The molecule has 0 heterocycles. The molecule has 0 aliphatic rings. The molecule has 0 amide bonds. The monoisotopic (exact) mass is 428 g/mol. The van der Waals surface area contributed by atoms with Crippen molar-refractivity contribution >= 4 is 39.2 Å². The zero-order valence-electron chi connectivity index (χ0n) is 15.3. The molecule has 1 atom stereocenters. The van der Waals surface area contributed by atoms with Gasteiger partial charge in [0.15, 0.2) is 5.96 Å². The van der Waals surface area contributed by atoms with Crippen LogP contribution in [0.5, 0.6) is 0 Å². The van der Waals surface area contributed by atoms with Gasteiger partial charge in [-0.15, -0.1) is 0 Å². The number of benzene rings is 2. The largest absolute Gasteiger partial charge is 0.352 e. The highest BCUT2D eigenvalue weighted by atomic mass is 35.5. The maximum atomic E-state index is 11.8. The molecule has 0 radical (unpaired) electrons. The van der Waals surface area contributed by atoms with Gasteiger partial charge in [0.05, 0.1) is 10.9 Å². The Morgan fingerprint density at radius 1 is 1.15 bits per heavy atom. The number of nitrogens with one attached hydrogen (secondary N) is 3. The van der Waals surface area contributed by atoms with Crippen LogP contribution in [-0.2, 0) is 16.6 Å². The van der Waals surface area contributed by atoms with E-state index in [9.17, 15) is 8.42 Å². The van der Waals surface area contributed by atoms with E-state index in [0.717, 1.165) is 11.1 Å². The van der Waals surface area contributed by atoms with Gasteiger partial charge < -0.3 is 10.6 Å². The van der Waals surface area contributed by atoms with Crippen LogP contribution in [0.25, 0.3) is 0 Å². The summed E-state index contributed by atoms with van der Waals surface area (Å²) in [6.45, 7) is 2.46. The van der Waals surface area contributed by atoms with E-state index in [0.29, 0.717) is 22.5 Å². The van der Waals surface area contributed by atoms with Crippen LogP contribution in [0, 0.1) is 0 Å². The first-order valence-electron chi connectivity index (χ1n) is 8.21. The van der Waals surface area contributed by atoms with Crippen molar-refractivity contribution in [2.75, 3.05) is 14.1 Å².